The van der Waals surface area contributed by atoms with E-state index in [1.54, 1.807) is 31.8 Å². The van der Waals surface area contributed by atoms with Crippen molar-refractivity contribution in [3.05, 3.63) is 94.7 Å². The number of aromatic nitrogens is 3. The average molecular weight is 814 g/mol. The number of rotatable bonds is 12. The molecule has 1 amide bonds. The zero-order chi connectivity index (χ0) is 39.4. The first-order valence-electron chi connectivity index (χ1n) is 18.9. The normalized spacial score (nSPS) is 16.1. The Hall–Kier alpha value is -4.52. The highest BCUT2D eigenvalue weighted by atomic mass is 35.5. The number of aryl methyl sites for hydroxylation is 1. The molecule has 0 unspecified atom stereocenters. The minimum atomic E-state index is -2.54. The summed E-state index contributed by atoms with van der Waals surface area (Å²) >= 11 is 8.10. The van der Waals surface area contributed by atoms with E-state index in [-0.39, 0.29) is 11.9 Å². The van der Waals surface area contributed by atoms with Gasteiger partial charge in [0.05, 0.1) is 40.8 Å². The second-order valence-corrected chi connectivity index (χ2v) is 19.2. The first-order chi connectivity index (χ1) is 27.0. The van der Waals surface area contributed by atoms with Crippen molar-refractivity contribution in [1.82, 2.24) is 24.8 Å². The molecule has 0 spiro atoms. The largest absolute Gasteiger partial charge is 0.494 e. The Morgan fingerprint density at radius 2 is 1.71 bits per heavy atom. The van der Waals surface area contributed by atoms with Crippen molar-refractivity contribution in [2.75, 3.05) is 75.2 Å². The topological polar surface area (TPSA) is 142 Å². The zero-order valence-electron chi connectivity index (χ0n) is 32.2. The number of piperazine rings is 1. The molecule has 12 nitrogen and oxygen atoms in total. The third-order valence-corrected chi connectivity index (χ3v) is 13.5. The predicted molar refractivity (Wildman–Crippen MR) is 229 cm³/mol. The van der Waals surface area contributed by atoms with Gasteiger partial charge in [0, 0.05) is 74.8 Å². The first kappa shape index (κ1) is 39.7. The molecular weight excluding hydrogens is 765 g/mol. The summed E-state index contributed by atoms with van der Waals surface area (Å²) in [5.41, 5.74) is 14.0. The smallest absolute Gasteiger partial charge is 0.229 e. The third kappa shape index (κ3) is 9.19. The number of amides is 1. The van der Waals surface area contributed by atoms with Crippen molar-refractivity contribution in [3.8, 4) is 16.2 Å². The molecule has 3 aromatic carbocycles. The van der Waals surface area contributed by atoms with Crippen LogP contribution in [0.4, 0.5) is 28.8 Å². The quantitative estimate of drug-likeness (QED) is 0.108. The Kier molecular flexibility index (Phi) is 12.3. The molecule has 0 bridgehead atoms. The molecular formula is C41H49ClN9O3PS. The number of para-hydroxylation sites is 1. The summed E-state index contributed by atoms with van der Waals surface area (Å²) < 4.78 is 18.7. The van der Waals surface area contributed by atoms with Gasteiger partial charge in [-0.05, 0) is 68.5 Å². The number of methoxy groups -OCH3 is 1. The van der Waals surface area contributed by atoms with Crippen LogP contribution < -0.4 is 31.3 Å². The number of anilines is 5. The maximum atomic E-state index is 13.3. The Morgan fingerprint density at radius 1 is 0.982 bits per heavy atom. The number of nitrogens with two attached hydrogens (primary N) is 1. The van der Waals surface area contributed by atoms with Crippen LogP contribution in [-0.2, 0) is 9.36 Å². The predicted octanol–water partition coefficient (Wildman–Crippen LogP) is 7.51. The van der Waals surface area contributed by atoms with Crippen LogP contribution in [0.2, 0.25) is 5.02 Å². The molecule has 4 N–H and O–H groups in total. The van der Waals surface area contributed by atoms with Crippen LogP contribution in [0.25, 0.3) is 10.4 Å². The van der Waals surface area contributed by atoms with Crippen molar-refractivity contribution in [1.29, 1.82) is 0 Å². The highest BCUT2D eigenvalue weighted by Crippen LogP contribution is 2.39. The van der Waals surface area contributed by atoms with E-state index in [0.29, 0.717) is 40.7 Å². The second kappa shape index (κ2) is 17.3. The highest BCUT2D eigenvalue weighted by molar-refractivity contribution is 7.70. The monoisotopic (exact) mass is 813 g/mol. The number of hydrogen-bond donors (Lipinski definition) is 3. The fourth-order valence-electron chi connectivity index (χ4n) is 7.51. The number of hydrogen-bond acceptors (Lipinski definition) is 12. The number of halogens is 1. The summed E-state index contributed by atoms with van der Waals surface area (Å²) in [4.78, 5) is 34.7. The van der Waals surface area contributed by atoms with Gasteiger partial charge in [-0.2, -0.15) is 4.98 Å². The molecule has 2 aliphatic heterocycles. The van der Waals surface area contributed by atoms with Gasteiger partial charge in [0.15, 0.2) is 5.82 Å². The SMILES string of the molecule is COc1cc(N2CCC(N3CCN(C(=O)C[C@H](N)c4ccc(-c5scnc5C)cc4)CC3)CC2)ccc1Nc1ncc(Cl)c(Nc2ccccc2P(C)(C)=O)n1. The number of carbonyl (C=O) groups is 1. The summed E-state index contributed by atoms with van der Waals surface area (Å²) in [5.74, 6) is 1.54. The average Bonchev–Trinajstić information content (AvgIpc) is 3.64. The molecule has 2 fully saturated rings. The lowest BCUT2D eigenvalue weighted by molar-refractivity contribution is -0.133. The maximum Gasteiger partial charge on any atom is 0.229 e. The summed E-state index contributed by atoms with van der Waals surface area (Å²) in [5, 5.41) is 7.59. The van der Waals surface area contributed by atoms with Gasteiger partial charge in [0.2, 0.25) is 11.9 Å². The van der Waals surface area contributed by atoms with Crippen LogP contribution in [0.15, 0.2) is 78.4 Å². The second-order valence-electron chi connectivity index (χ2n) is 14.7. The van der Waals surface area contributed by atoms with Crippen molar-refractivity contribution in [2.24, 2.45) is 5.73 Å². The van der Waals surface area contributed by atoms with Crippen molar-refractivity contribution >= 4 is 70.1 Å². The Bertz CT molecular complexity index is 2200. The number of carbonyl (C=O) groups excluding carboxylic acids is 1. The fraction of sp³-hybridized carbons (Fsp3) is 0.366. The van der Waals surface area contributed by atoms with Gasteiger partial charge < -0.3 is 35.5 Å². The van der Waals surface area contributed by atoms with Crippen LogP contribution in [0.3, 0.4) is 0 Å². The van der Waals surface area contributed by atoms with Gasteiger partial charge in [-0.15, -0.1) is 11.3 Å². The third-order valence-electron chi connectivity index (χ3n) is 10.7. The molecule has 0 aliphatic carbocycles. The molecule has 7 rings (SSSR count). The van der Waals surface area contributed by atoms with E-state index in [4.69, 9.17) is 22.1 Å². The summed E-state index contributed by atoms with van der Waals surface area (Å²) in [6.07, 6.45) is 3.92. The molecule has 2 saturated heterocycles. The van der Waals surface area contributed by atoms with E-state index in [9.17, 15) is 9.36 Å². The van der Waals surface area contributed by atoms with Crippen molar-refractivity contribution in [3.63, 3.8) is 0 Å². The number of nitrogens with one attached hydrogen (secondary N) is 2. The zero-order valence-corrected chi connectivity index (χ0v) is 34.7. The number of ether oxygens (including phenoxy) is 1. The van der Waals surface area contributed by atoms with Crippen LogP contribution in [0.5, 0.6) is 5.75 Å². The molecule has 2 aliphatic rings. The van der Waals surface area contributed by atoms with Gasteiger partial charge in [0.25, 0.3) is 0 Å². The number of nitrogens with zero attached hydrogens (tertiary/aromatic N) is 6. The summed E-state index contributed by atoms with van der Waals surface area (Å²) in [6, 6.07) is 21.9. The van der Waals surface area contributed by atoms with Crippen LogP contribution in [0, 0.1) is 6.92 Å². The Labute approximate surface area is 337 Å². The molecule has 0 saturated carbocycles. The molecule has 5 aromatic rings. The molecule has 1 atom stereocenters. The van der Waals surface area contributed by atoms with Crippen LogP contribution in [-0.4, -0.2) is 96.4 Å². The Balaban J connectivity index is 0.896. The molecule has 15 heteroatoms. The molecule has 294 valence electrons. The standard InChI is InChI=1S/C41H49ClN9O3PS/c1-27-39(56-26-45-27)29-11-9-28(10-12-29)33(43)24-38(52)51-21-19-50(20-22-51)30-15-17-49(18-16-30)31-13-14-34(36(23-31)54-2)47-41-44-25-32(42)40(48-41)46-35-7-5-6-8-37(35)55(3,4)53/h5-14,23,25-26,30,33H,15-22,24,43H2,1-4H3,(H2,44,46,47,48)/t33-/m0/s1. The van der Waals surface area contributed by atoms with Crippen LogP contribution >= 0.6 is 30.1 Å². The van der Waals surface area contributed by atoms with E-state index in [0.717, 1.165) is 90.5 Å². The summed E-state index contributed by atoms with van der Waals surface area (Å²) in [7, 11) is -0.893. The maximum absolute atomic E-state index is 13.3. The highest BCUT2D eigenvalue weighted by Gasteiger charge is 2.30. The van der Waals surface area contributed by atoms with Crippen molar-refractivity contribution < 1.29 is 14.1 Å². The number of benzene rings is 3. The molecule has 4 heterocycles. The number of thiazole rings is 1. The van der Waals surface area contributed by atoms with E-state index in [1.807, 2.05) is 65.9 Å². The first-order valence-corrected chi connectivity index (χ1v) is 22.7. The van der Waals surface area contributed by atoms with E-state index in [2.05, 4.69) is 53.6 Å². The lowest BCUT2D eigenvalue weighted by Crippen LogP contribution is -2.54. The lowest BCUT2D eigenvalue weighted by atomic mass is 10.0. The minimum Gasteiger partial charge on any atom is -0.494 e. The minimum absolute atomic E-state index is 0.118. The van der Waals surface area contributed by atoms with Crippen molar-refractivity contribution in [2.45, 2.75) is 38.3 Å². The number of piperidine rings is 1. The molecule has 2 aromatic heterocycles. The van der Waals surface area contributed by atoms with Gasteiger partial charge in [0.1, 0.15) is 17.9 Å². The van der Waals surface area contributed by atoms with Crippen LogP contribution in [0.1, 0.15) is 36.6 Å². The van der Waals surface area contributed by atoms with Gasteiger partial charge in [-0.3, -0.25) is 9.69 Å². The molecule has 56 heavy (non-hydrogen) atoms. The van der Waals surface area contributed by atoms with E-state index >= 15 is 0 Å². The lowest BCUT2D eigenvalue weighted by Gasteiger charge is -2.43. The summed E-state index contributed by atoms with van der Waals surface area (Å²) in [6.45, 7) is 10.5. The Morgan fingerprint density at radius 3 is 2.39 bits per heavy atom. The van der Waals surface area contributed by atoms with E-state index in [1.165, 1.54) is 6.20 Å². The van der Waals surface area contributed by atoms with Gasteiger partial charge >= 0.3 is 0 Å². The van der Waals surface area contributed by atoms with Gasteiger partial charge in [-0.1, -0.05) is 48.0 Å². The fourth-order valence-corrected chi connectivity index (χ4v) is 9.62. The molecule has 0 radical (unpaired) electrons. The van der Waals surface area contributed by atoms with Gasteiger partial charge in [-0.25, -0.2) is 9.97 Å². The van der Waals surface area contributed by atoms with E-state index < -0.39 is 7.14 Å².